The van der Waals surface area contributed by atoms with E-state index in [1.54, 1.807) is 18.2 Å². The monoisotopic (exact) mass is 426 g/mol. The molecule has 1 fully saturated rings. The number of amides is 1. The summed E-state index contributed by atoms with van der Waals surface area (Å²) in [6, 6.07) is 8.56. The minimum atomic E-state index is -0.734. The third kappa shape index (κ3) is 3.97. The van der Waals surface area contributed by atoms with Crippen LogP contribution < -0.4 is 14.8 Å². The molecule has 0 bridgehead atoms. The third-order valence-corrected chi connectivity index (χ3v) is 5.50. The van der Waals surface area contributed by atoms with Crippen molar-refractivity contribution in [3.8, 4) is 22.8 Å². The van der Waals surface area contributed by atoms with Crippen LogP contribution in [0.3, 0.4) is 0 Å². The maximum absolute atomic E-state index is 13.9. The Morgan fingerprint density at radius 1 is 1.06 bits per heavy atom. The third-order valence-electron chi connectivity index (χ3n) is 5.50. The highest BCUT2D eigenvalue weighted by molar-refractivity contribution is 5.91. The largest absolute Gasteiger partial charge is 0.448 e. The summed E-state index contributed by atoms with van der Waals surface area (Å²) in [5, 5.41) is 2.83. The Bertz CT molecular complexity index is 1140. The molecule has 2 heterocycles. The Kier molecular flexibility index (Phi) is 4.84. The predicted octanol–water partition coefficient (Wildman–Crippen LogP) is 5.23. The van der Waals surface area contributed by atoms with Gasteiger partial charge < -0.3 is 19.2 Å². The van der Waals surface area contributed by atoms with Gasteiger partial charge in [-0.05, 0) is 37.1 Å². The minimum Gasteiger partial charge on any atom is -0.448 e. The van der Waals surface area contributed by atoms with E-state index in [0.29, 0.717) is 23.1 Å². The minimum absolute atomic E-state index is 0.116. The Hall–Kier alpha value is -3.42. The summed E-state index contributed by atoms with van der Waals surface area (Å²) in [6.45, 7) is 0. The number of anilines is 1. The van der Waals surface area contributed by atoms with Crippen LogP contribution in [0.5, 0.6) is 11.5 Å². The maximum atomic E-state index is 13.9. The molecule has 0 saturated heterocycles. The molecule has 3 aromatic rings. The van der Waals surface area contributed by atoms with Crippen molar-refractivity contribution in [3.05, 3.63) is 60.1 Å². The second kappa shape index (κ2) is 7.68. The first kappa shape index (κ1) is 19.5. The van der Waals surface area contributed by atoms with E-state index in [1.807, 2.05) is 0 Å². The van der Waals surface area contributed by atoms with E-state index in [4.69, 9.17) is 13.9 Å². The van der Waals surface area contributed by atoms with E-state index < -0.39 is 17.4 Å². The van der Waals surface area contributed by atoms with Crippen LogP contribution >= 0.6 is 0 Å². The first-order valence-electron chi connectivity index (χ1n) is 10.2. The Labute approximate surface area is 177 Å². The van der Waals surface area contributed by atoms with Crippen molar-refractivity contribution in [1.82, 2.24) is 4.98 Å². The van der Waals surface area contributed by atoms with Gasteiger partial charge in [0.2, 0.25) is 5.91 Å². The first-order chi connectivity index (χ1) is 15.0. The van der Waals surface area contributed by atoms with Gasteiger partial charge in [-0.3, -0.25) is 4.79 Å². The molecule has 1 amide bonds. The Balaban J connectivity index is 1.18. The number of carbonyl (C=O) groups excluding carboxylic acids is 1. The topological polar surface area (TPSA) is 73.6 Å². The number of hydrogen-bond acceptors (Lipinski definition) is 5. The van der Waals surface area contributed by atoms with Gasteiger partial charge in [0.05, 0.1) is 11.8 Å². The molecule has 1 aliphatic carbocycles. The number of aromatic nitrogens is 1. The van der Waals surface area contributed by atoms with Crippen molar-refractivity contribution >= 4 is 11.6 Å². The highest BCUT2D eigenvalue weighted by Crippen LogP contribution is 2.47. The highest BCUT2D eigenvalue weighted by atomic mass is 19.1. The van der Waals surface area contributed by atoms with Gasteiger partial charge in [0.15, 0.2) is 23.1 Å². The fourth-order valence-electron chi connectivity index (χ4n) is 3.97. The van der Waals surface area contributed by atoms with Crippen molar-refractivity contribution in [1.29, 1.82) is 0 Å². The van der Waals surface area contributed by atoms with Crippen molar-refractivity contribution < 1.29 is 27.5 Å². The zero-order chi connectivity index (χ0) is 21.4. The van der Waals surface area contributed by atoms with Crippen LogP contribution in [0.2, 0.25) is 0 Å². The van der Waals surface area contributed by atoms with Crippen LogP contribution in [0.4, 0.5) is 14.5 Å². The van der Waals surface area contributed by atoms with Crippen molar-refractivity contribution in [2.24, 2.45) is 0 Å². The van der Waals surface area contributed by atoms with Crippen LogP contribution in [-0.2, 0) is 11.2 Å². The number of nitrogens with zero attached hydrogens (tertiary/aromatic N) is 1. The molecule has 8 heteroatoms. The van der Waals surface area contributed by atoms with E-state index in [1.165, 1.54) is 12.3 Å². The van der Waals surface area contributed by atoms with Crippen LogP contribution in [0, 0.1) is 11.6 Å². The quantitative estimate of drug-likeness (QED) is 0.605. The molecule has 160 valence electrons. The van der Waals surface area contributed by atoms with E-state index >= 15 is 0 Å². The summed E-state index contributed by atoms with van der Waals surface area (Å²) in [6.07, 6.45) is 5.61. The van der Waals surface area contributed by atoms with Crippen LogP contribution in [0.1, 0.15) is 38.0 Å². The van der Waals surface area contributed by atoms with E-state index in [0.717, 1.165) is 37.8 Å². The van der Waals surface area contributed by atoms with Gasteiger partial charge in [0, 0.05) is 43.5 Å². The number of benzene rings is 2. The highest BCUT2D eigenvalue weighted by Gasteiger charge is 2.44. The number of nitrogens with one attached hydrogen (secondary N) is 1. The van der Waals surface area contributed by atoms with Gasteiger partial charge in [-0.15, -0.1) is 0 Å². The molecule has 1 N–H and O–H groups in total. The summed E-state index contributed by atoms with van der Waals surface area (Å²) in [5.41, 5.74) is 0.730. The summed E-state index contributed by atoms with van der Waals surface area (Å²) >= 11 is 0. The lowest BCUT2D eigenvalue weighted by Crippen LogP contribution is -2.34. The van der Waals surface area contributed by atoms with Crippen molar-refractivity contribution in [3.63, 3.8) is 0 Å². The van der Waals surface area contributed by atoms with Gasteiger partial charge in [-0.2, -0.15) is 0 Å². The molecule has 5 rings (SSSR count). The second-order valence-electron chi connectivity index (χ2n) is 7.77. The summed E-state index contributed by atoms with van der Waals surface area (Å²) in [7, 11) is 0. The number of hydrogen-bond donors (Lipinski definition) is 1. The van der Waals surface area contributed by atoms with Crippen LogP contribution in [-0.4, -0.2) is 16.7 Å². The number of oxazole rings is 1. The summed E-state index contributed by atoms with van der Waals surface area (Å²) in [5.74, 6) is -0.354. The van der Waals surface area contributed by atoms with E-state index in [2.05, 4.69) is 10.3 Å². The Morgan fingerprint density at radius 2 is 1.87 bits per heavy atom. The van der Waals surface area contributed by atoms with Gasteiger partial charge in [0.25, 0.3) is 5.79 Å². The zero-order valence-electron chi connectivity index (χ0n) is 16.6. The molecular formula is C23H20F2N2O4. The summed E-state index contributed by atoms with van der Waals surface area (Å²) < 4.78 is 44.4. The number of halogens is 2. The van der Waals surface area contributed by atoms with Gasteiger partial charge in [-0.1, -0.05) is 0 Å². The normalized spacial score (nSPS) is 16.1. The first-order valence-corrected chi connectivity index (χ1v) is 10.2. The van der Waals surface area contributed by atoms with E-state index in [-0.39, 0.29) is 30.1 Å². The number of rotatable bonds is 5. The molecule has 31 heavy (non-hydrogen) atoms. The number of fused-ring (bicyclic) bond motifs is 1. The zero-order valence-corrected chi connectivity index (χ0v) is 16.6. The lowest BCUT2D eigenvalue weighted by molar-refractivity contribution is -0.116. The second-order valence-corrected chi connectivity index (χ2v) is 7.77. The molecule has 1 aliphatic heterocycles. The standard InChI is InChI=1S/C23H20F2N2O4/c24-14-3-5-16(17(25)11-14)20-13-26-22(29-20)8-7-21(28)27-15-4-6-18-19(12-15)31-23(30-18)9-1-2-10-23/h3-6,11-13H,1-2,7-10H2,(H,27,28). The molecule has 1 saturated carbocycles. The molecule has 0 unspecified atom stereocenters. The molecule has 0 radical (unpaired) electrons. The lowest BCUT2D eigenvalue weighted by atomic mass is 10.2. The lowest BCUT2D eigenvalue weighted by Gasteiger charge is -2.21. The fraction of sp³-hybridized carbons (Fsp3) is 0.304. The molecule has 0 atom stereocenters. The van der Waals surface area contributed by atoms with Gasteiger partial charge >= 0.3 is 0 Å². The fourth-order valence-corrected chi connectivity index (χ4v) is 3.97. The average Bonchev–Trinajstić information content (AvgIpc) is 3.46. The van der Waals surface area contributed by atoms with Crippen molar-refractivity contribution in [2.75, 3.05) is 5.32 Å². The van der Waals surface area contributed by atoms with Crippen molar-refractivity contribution in [2.45, 2.75) is 44.3 Å². The number of carbonyl (C=O) groups is 1. The van der Waals surface area contributed by atoms with Gasteiger partial charge in [-0.25, -0.2) is 13.8 Å². The summed E-state index contributed by atoms with van der Waals surface area (Å²) in [4.78, 5) is 16.4. The predicted molar refractivity (Wildman–Crippen MR) is 108 cm³/mol. The molecule has 6 nitrogen and oxygen atoms in total. The molecule has 1 aromatic heterocycles. The molecular weight excluding hydrogens is 406 g/mol. The molecule has 2 aliphatic rings. The van der Waals surface area contributed by atoms with Gasteiger partial charge in [0.1, 0.15) is 11.6 Å². The van der Waals surface area contributed by atoms with E-state index in [9.17, 15) is 13.6 Å². The Morgan fingerprint density at radius 3 is 2.68 bits per heavy atom. The maximum Gasteiger partial charge on any atom is 0.251 e. The molecule has 2 aromatic carbocycles. The van der Waals surface area contributed by atoms with Crippen LogP contribution in [0.15, 0.2) is 47.0 Å². The number of aryl methyl sites for hydroxylation is 1. The molecule has 1 spiro atoms. The smallest absolute Gasteiger partial charge is 0.251 e. The number of ether oxygens (including phenoxy) is 2. The van der Waals surface area contributed by atoms with Crippen LogP contribution in [0.25, 0.3) is 11.3 Å². The average molecular weight is 426 g/mol. The SMILES string of the molecule is O=C(CCc1ncc(-c2ccc(F)cc2F)o1)Nc1ccc2c(c1)OC1(CCCC1)O2.